The molecular weight excluding hydrogens is 264 g/mol. The van der Waals surface area contributed by atoms with Gasteiger partial charge in [0.2, 0.25) is 0 Å². The molecule has 0 aliphatic heterocycles. The van der Waals surface area contributed by atoms with Crippen molar-refractivity contribution < 1.29 is 8.76 Å². The van der Waals surface area contributed by atoms with E-state index < -0.39 is 11.3 Å². The lowest BCUT2D eigenvalue weighted by atomic mass is 10.1. The van der Waals surface area contributed by atoms with Gasteiger partial charge in [-0.15, -0.1) is 0 Å². The molecule has 6 nitrogen and oxygen atoms in total. The van der Waals surface area contributed by atoms with Gasteiger partial charge in [-0.25, -0.2) is 4.98 Å². The van der Waals surface area contributed by atoms with Crippen LogP contribution in [0.4, 0.5) is 0 Å². The molecule has 0 aliphatic rings. The third-order valence-corrected chi connectivity index (χ3v) is 2.71. The Morgan fingerprint density at radius 3 is 2.26 bits per heavy atom. The molecule has 19 heavy (non-hydrogen) atoms. The highest BCUT2D eigenvalue weighted by molar-refractivity contribution is 7.76. The Kier molecular flexibility index (Phi) is 5.84. The van der Waals surface area contributed by atoms with Crippen molar-refractivity contribution in [3.8, 4) is 11.3 Å². The minimum Gasteiger partial charge on any atom is -0.760 e. The van der Waals surface area contributed by atoms with Crippen LogP contribution in [0.15, 0.2) is 30.5 Å². The van der Waals surface area contributed by atoms with Crippen molar-refractivity contribution in [2.45, 2.75) is 13.5 Å². The Hall–Kier alpha value is -1.54. The van der Waals surface area contributed by atoms with Crippen LogP contribution in [-0.2, 0) is 24.9 Å². The average Bonchev–Trinajstić information content (AvgIpc) is 2.70. The van der Waals surface area contributed by atoms with Gasteiger partial charge in [0, 0.05) is 24.9 Å². The van der Waals surface area contributed by atoms with E-state index in [9.17, 15) is 0 Å². The second kappa shape index (κ2) is 7.15. The van der Waals surface area contributed by atoms with Crippen LogP contribution in [0.5, 0.6) is 0 Å². The molecule has 0 aliphatic carbocycles. The van der Waals surface area contributed by atoms with Crippen molar-refractivity contribution in [2.24, 2.45) is 17.9 Å². The number of benzene rings is 1. The Morgan fingerprint density at radius 1 is 1.37 bits per heavy atom. The number of nitrogens with zero attached hydrogens (tertiary/aromatic N) is 2. The van der Waals surface area contributed by atoms with E-state index in [1.165, 1.54) is 5.56 Å². The van der Waals surface area contributed by atoms with E-state index in [4.69, 9.17) is 14.5 Å². The summed E-state index contributed by atoms with van der Waals surface area (Å²) >= 11 is -2.36. The highest BCUT2D eigenvalue weighted by Gasteiger charge is 2.04. The summed E-state index contributed by atoms with van der Waals surface area (Å²) in [6, 6.07) is 8.27. The lowest BCUT2D eigenvalue weighted by Gasteiger charge is -2.04. The number of hydrogen-bond donors (Lipinski definition) is 2. The minimum absolute atomic E-state index is 0.588. The summed E-state index contributed by atoms with van der Waals surface area (Å²) in [5.41, 5.74) is 9.02. The molecule has 4 N–H and O–H groups in total. The van der Waals surface area contributed by atoms with Crippen molar-refractivity contribution in [1.29, 1.82) is 0 Å². The predicted octanol–water partition coefficient (Wildman–Crippen LogP) is 0.593. The van der Waals surface area contributed by atoms with E-state index in [-0.39, 0.29) is 0 Å². The number of imidazole rings is 1. The Balaban J connectivity index is 0.000000399. The third kappa shape index (κ3) is 4.56. The highest BCUT2D eigenvalue weighted by Crippen LogP contribution is 2.19. The average molecular weight is 281 g/mol. The second-order valence-electron chi connectivity index (χ2n) is 3.91. The van der Waals surface area contributed by atoms with E-state index in [2.05, 4.69) is 39.0 Å². The van der Waals surface area contributed by atoms with Crippen LogP contribution in [0, 0.1) is 6.92 Å². The topological polar surface area (TPSA) is 110 Å². The molecule has 0 spiro atoms. The summed E-state index contributed by atoms with van der Waals surface area (Å²) < 4.78 is 19.6. The first-order chi connectivity index (χ1) is 8.95. The molecule has 1 unspecified atom stereocenters. The molecule has 1 aromatic carbocycles. The molecule has 0 bridgehead atoms. The first-order valence-corrected chi connectivity index (χ1v) is 6.71. The summed E-state index contributed by atoms with van der Waals surface area (Å²) in [6.07, 6.45) is 1.90. The van der Waals surface area contributed by atoms with E-state index in [0.29, 0.717) is 6.54 Å². The van der Waals surface area contributed by atoms with Gasteiger partial charge in [-0.1, -0.05) is 24.3 Å². The van der Waals surface area contributed by atoms with Gasteiger partial charge in [-0.3, -0.25) is 9.35 Å². The molecular formula is C12H17N4O2S-. The second-order valence-corrected chi connectivity index (χ2v) is 4.43. The summed E-state index contributed by atoms with van der Waals surface area (Å²) in [6.45, 7) is 2.59. The minimum atomic E-state index is -2.36. The zero-order chi connectivity index (χ0) is 14.4. The van der Waals surface area contributed by atoms with Crippen molar-refractivity contribution in [3.05, 3.63) is 41.9 Å². The van der Waals surface area contributed by atoms with Crippen LogP contribution in [0.2, 0.25) is 0 Å². The molecule has 7 heteroatoms. The van der Waals surface area contributed by atoms with E-state index in [0.717, 1.165) is 17.1 Å². The quantitative estimate of drug-likeness (QED) is 0.785. The molecule has 0 amide bonds. The maximum atomic E-state index is 8.78. The van der Waals surface area contributed by atoms with Gasteiger partial charge in [0.15, 0.2) is 0 Å². The van der Waals surface area contributed by atoms with Crippen molar-refractivity contribution in [3.63, 3.8) is 0 Å². The van der Waals surface area contributed by atoms with Gasteiger partial charge in [0.25, 0.3) is 0 Å². The largest absolute Gasteiger partial charge is 0.760 e. The van der Waals surface area contributed by atoms with Crippen molar-refractivity contribution >= 4 is 11.3 Å². The zero-order valence-electron chi connectivity index (χ0n) is 10.9. The molecule has 104 valence electrons. The van der Waals surface area contributed by atoms with Crippen LogP contribution in [-0.4, -0.2) is 18.3 Å². The Labute approximate surface area is 114 Å². The molecule has 2 rings (SSSR count). The Morgan fingerprint density at radius 2 is 1.89 bits per heavy atom. The van der Waals surface area contributed by atoms with Gasteiger partial charge in [-0.2, -0.15) is 0 Å². The third-order valence-electron chi connectivity index (χ3n) is 2.71. The molecule has 0 saturated heterocycles. The fourth-order valence-corrected chi connectivity index (χ4v) is 1.58. The molecule has 0 radical (unpaired) electrons. The highest BCUT2D eigenvalue weighted by atomic mass is 32.2. The maximum absolute atomic E-state index is 8.78. The van der Waals surface area contributed by atoms with E-state index >= 15 is 0 Å². The van der Waals surface area contributed by atoms with Crippen LogP contribution in [0.25, 0.3) is 11.3 Å². The first kappa shape index (κ1) is 15.5. The molecule has 1 atom stereocenters. The number of aryl methyl sites for hydroxylation is 1. The van der Waals surface area contributed by atoms with Gasteiger partial charge >= 0.3 is 0 Å². The lowest BCUT2D eigenvalue weighted by molar-refractivity contribution is 0.539. The molecule has 0 fully saturated rings. The standard InChI is InChI=1S/C12H15N3.H3NO2S/c1-9-14-8-12(15(9)2)11-5-3-10(7-13)4-6-11;1-4(2)3/h3-6,8H,7,13H2,1-2H3;1H2,(H,2,3)/p-1. The number of nitrogens with two attached hydrogens (primary N) is 2. The van der Waals surface area contributed by atoms with E-state index in [1.807, 2.05) is 20.2 Å². The first-order valence-electron chi connectivity index (χ1n) is 5.57. The molecule has 0 saturated carbocycles. The van der Waals surface area contributed by atoms with Crippen molar-refractivity contribution in [2.75, 3.05) is 0 Å². The summed E-state index contributed by atoms with van der Waals surface area (Å²) in [7, 11) is 2.02. The molecule has 1 heterocycles. The molecule has 2 aromatic rings. The van der Waals surface area contributed by atoms with Crippen molar-refractivity contribution in [1.82, 2.24) is 9.55 Å². The molecule has 1 aromatic heterocycles. The normalized spacial score (nSPS) is 11.6. The monoisotopic (exact) mass is 281 g/mol. The fraction of sp³-hybridized carbons (Fsp3) is 0.250. The predicted molar refractivity (Wildman–Crippen MR) is 74.4 cm³/mol. The van der Waals surface area contributed by atoms with Crippen LogP contribution in [0.1, 0.15) is 11.4 Å². The van der Waals surface area contributed by atoms with E-state index in [1.54, 1.807) is 0 Å². The van der Waals surface area contributed by atoms with Crippen LogP contribution >= 0.6 is 0 Å². The number of hydrogen-bond acceptors (Lipinski definition) is 4. The lowest BCUT2D eigenvalue weighted by Crippen LogP contribution is -1.97. The maximum Gasteiger partial charge on any atom is 0.105 e. The SMILES string of the molecule is Cc1ncc(-c2ccc(CN)cc2)n1C.NS(=O)[O-]. The van der Waals surface area contributed by atoms with Gasteiger partial charge in [-0.05, 0) is 18.1 Å². The van der Waals surface area contributed by atoms with Gasteiger partial charge in [0.05, 0.1) is 11.9 Å². The smallest absolute Gasteiger partial charge is 0.105 e. The van der Waals surface area contributed by atoms with Crippen LogP contribution < -0.4 is 10.9 Å². The summed E-state index contributed by atoms with van der Waals surface area (Å²) in [5, 5.41) is 4.03. The summed E-state index contributed by atoms with van der Waals surface area (Å²) in [4.78, 5) is 4.27. The number of aromatic nitrogens is 2. The van der Waals surface area contributed by atoms with Gasteiger partial charge < -0.3 is 14.9 Å². The van der Waals surface area contributed by atoms with Gasteiger partial charge in [0.1, 0.15) is 5.82 Å². The van der Waals surface area contributed by atoms with Crippen LogP contribution in [0.3, 0.4) is 0 Å². The Bertz CT molecular complexity index is 547. The zero-order valence-corrected chi connectivity index (χ0v) is 11.7. The number of rotatable bonds is 2. The fourth-order valence-electron chi connectivity index (χ4n) is 1.58. The summed E-state index contributed by atoms with van der Waals surface area (Å²) in [5.74, 6) is 1.02.